The molecule has 2 heterocycles. The van der Waals surface area contributed by atoms with Gasteiger partial charge in [-0.15, -0.1) is 0 Å². The van der Waals surface area contributed by atoms with E-state index in [1.54, 1.807) is 0 Å². The summed E-state index contributed by atoms with van der Waals surface area (Å²) in [5, 5.41) is 0. The molecule has 1 aromatic rings. The fraction of sp³-hybridized carbons (Fsp3) is 0.588. The molecule has 1 amide bonds. The smallest absolute Gasteiger partial charge is 0.224 e. The van der Waals surface area contributed by atoms with E-state index in [-0.39, 0.29) is 0 Å². The second kappa shape index (κ2) is 6.29. The molecule has 0 aromatic heterocycles. The molecule has 108 valence electrons. The van der Waals surface area contributed by atoms with Crippen LogP contribution in [-0.2, 0) is 11.2 Å². The number of nitrogens with zero attached hydrogens (tertiary/aromatic N) is 2. The van der Waals surface area contributed by atoms with Crippen LogP contribution < -0.4 is 4.90 Å². The highest BCUT2D eigenvalue weighted by Crippen LogP contribution is 2.27. The molecule has 3 heteroatoms. The molecule has 1 aromatic carbocycles. The highest BCUT2D eigenvalue weighted by atomic mass is 16.2. The van der Waals surface area contributed by atoms with Crippen molar-refractivity contribution in [3.05, 3.63) is 29.8 Å². The maximum atomic E-state index is 12.3. The molecule has 1 saturated heterocycles. The van der Waals surface area contributed by atoms with E-state index in [0.29, 0.717) is 12.3 Å². The molecule has 0 bridgehead atoms. The largest absolute Gasteiger partial charge is 0.370 e. The van der Waals surface area contributed by atoms with Gasteiger partial charge in [0.25, 0.3) is 0 Å². The highest BCUT2D eigenvalue weighted by Gasteiger charge is 2.20. The molecular formula is C17H24N2O. The zero-order valence-corrected chi connectivity index (χ0v) is 12.2. The molecule has 20 heavy (non-hydrogen) atoms. The van der Waals surface area contributed by atoms with E-state index in [1.807, 2.05) is 0 Å². The molecule has 0 unspecified atom stereocenters. The Morgan fingerprint density at radius 3 is 2.55 bits per heavy atom. The van der Waals surface area contributed by atoms with Gasteiger partial charge < -0.3 is 9.80 Å². The molecule has 2 aliphatic heterocycles. The van der Waals surface area contributed by atoms with E-state index in [0.717, 1.165) is 32.6 Å². The van der Waals surface area contributed by atoms with E-state index in [9.17, 15) is 4.79 Å². The minimum absolute atomic E-state index is 0.344. The van der Waals surface area contributed by atoms with Crippen molar-refractivity contribution >= 4 is 11.6 Å². The van der Waals surface area contributed by atoms with Crippen LogP contribution in [0.4, 0.5) is 5.69 Å². The molecule has 3 nitrogen and oxygen atoms in total. The highest BCUT2D eigenvalue weighted by molar-refractivity contribution is 5.77. The van der Waals surface area contributed by atoms with Gasteiger partial charge in [-0.3, -0.25) is 4.79 Å². The first kappa shape index (κ1) is 13.5. The SMILES string of the molecule is O=C(CCN1CCc2ccccc21)N1CCCCCC1. The quantitative estimate of drug-likeness (QED) is 0.844. The van der Waals surface area contributed by atoms with Crippen molar-refractivity contribution in [2.45, 2.75) is 38.5 Å². The summed E-state index contributed by atoms with van der Waals surface area (Å²) in [5.41, 5.74) is 2.76. The van der Waals surface area contributed by atoms with Crippen LogP contribution in [0.5, 0.6) is 0 Å². The van der Waals surface area contributed by atoms with Crippen LogP contribution >= 0.6 is 0 Å². The average Bonchev–Trinajstić information content (AvgIpc) is 2.70. The molecule has 0 radical (unpaired) electrons. The molecule has 1 fully saturated rings. The number of carbonyl (C=O) groups excluding carboxylic acids is 1. The van der Waals surface area contributed by atoms with Crippen LogP contribution in [0.2, 0.25) is 0 Å². The summed E-state index contributed by atoms with van der Waals surface area (Å²) in [5.74, 6) is 0.344. The third kappa shape index (κ3) is 2.97. The standard InChI is InChI=1S/C17H24N2O/c20-17(19-11-5-1-2-6-12-19)10-14-18-13-9-15-7-3-4-8-16(15)18/h3-4,7-8H,1-2,5-6,9-14H2. The lowest BCUT2D eigenvalue weighted by atomic mass is 10.2. The first-order valence-corrected chi connectivity index (χ1v) is 7.95. The summed E-state index contributed by atoms with van der Waals surface area (Å²) < 4.78 is 0. The zero-order chi connectivity index (χ0) is 13.8. The summed E-state index contributed by atoms with van der Waals surface area (Å²) >= 11 is 0. The molecule has 3 rings (SSSR count). The van der Waals surface area contributed by atoms with Crippen molar-refractivity contribution in [2.75, 3.05) is 31.1 Å². The average molecular weight is 272 g/mol. The van der Waals surface area contributed by atoms with Crippen molar-refractivity contribution in [3.8, 4) is 0 Å². The molecule has 0 spiro atoms. The van der Waals surface area contributed by atoms with E-state index in [1.165, 1.54) is 36.9 Å². The number of amides is 1. The number of benzene rings is 1. The van der Waals surface area contributed by atoms with Crippen molar-refractivity contribution in [1.29, 1.82) is 0 Å². The van der Waals surface area contributed by atoms with Crippen molar-refractivity contribution < 1.29 is 4.79 Å². The Labute approximate surface area is 121 Å². The van der Waals surface area contributed by atoms with Gasteiger partial charge >= 0.3 is 0 Å². The Bertz CT molecular complexity index is 464. The van der Waals surface area contributed by atoms with Gasteiger partial charge in [-0.05, 0) is 30.9 Å². The number of rotatable bonds is 3. The number of anilines is 1. The predicted molar refractivity (Wildman–Crippen MR) is 82.0 cm³/mol. The van der Waals surface area contributed by atoms with Crippen molar-refractivity contribution in [1.82, 2.24) is 4.90 Å². The van der Waals surface area contributed by atoms with Crippen LogP contribution in [0.1, 0.15) is 37.7 Å². The summed E-state index contributed by atoms with van der Waals surface area (Å²) in [6, 6.07) is 8.57. The van der Waals surface area contributed by atoms with Crippen molar-refractivity contribution in [2.24, 2.45) is 0 Å². The van der Waals surface area contributed by atoms with E-state index >= 15 is 0 Å². The second-order valence-electron chi connectivity index (χ2n) is 5.91. The number of likely N-dealkylation sites (tertiary alicyclic amines) is 1. The minimum Gasteiger partial charge on any atom is -0.370 e. The van der Waals surface area contributed by atoms with E-state index in [4.69, 9.17) is 0 Å². The van der Waals surface area contributed by atoms with Crippen LogP contribution in [0.15, 0.2) is 24.3 Å². The van der Waals surface area contributed by atoms with Crippen molar-refractivity contribution in [3.63, 3.8) is 0 Å². The van der Waals surface area contributed by atoms with Gasteiger partial charge in [0.2, 0.25) is 5.91 Å². The third-order valence-electron chi connectivity index (χ3n) is 4.54. The van der Waals surface area contributed by atoms with E-state index < -0.39 is 0 Å². The van der Waals surface area contributed by atoms with Gasteiger partial charge in [-0.2, -0.15) is 0 Å². The first-order chi connectivity index (χ1) is 9.84. The summed E-state index contributed by atoms with van der Waals surface area (Å²) in [6.45, 7) is 3.86. The molecule has 0 N–H and O–H groups in total. The topological polar surface area (TPSA) is 23.6 Å². The maximum Gasteiger partial charge on any atom is 0.224 e. The number of para-hydroxylation sites is 1. The second-order valence-corrected chi connectivity index (χ2v) is 5.91. The fourth-order valence-electron chi connectivity index (χ4n) is 3.35. The van der Waals surface area contributed by atoms with Gasteiger partial charge in [0.15, 0.2) is 0 Å². The minimum atomic E-state index is 0.344. The summed E-state index contributed by atoms with van der Waals surface area (Å²) in [4.78, 5) is 16.8. The zero-order valence-electron chi connectivity index (χ0n) is 12.2. The van der Waals surface area contributed by atoms with Gasteiger partial charge in [-0.1, -0.05) is 31.0 Å². The number of hydrogen-bond acceptors (Lipinski definition) is 2. The van der Waals surface area contributed by atoms with Crippen LogP contribution in [0, 0.1) is 0 Å². The maximum absolute atomic E-state index is 12.3. The number of fused-ring (bicyclic) bond motifs is 1. The van der Waals surface area contributed by atoms with E-state index in [2.05, 4.69) is 34.1 Å². The Hall–Kier alpha value is -1.51. The van der Waals surface area contributed by atoms with Gasteiger partial charge in [0.05, 0.1) is 0 Å². The third-order valence-corrected chi connectivity index (χ3v) is 4.54. The Morgan fingerprint density at radius 1 is 1.00 bits per heavy atom. The van der Waals surface area contributed by atoms with Gasteiger partial charge in [0.1, 0.15) is 0 Å². The fourth-order valence-corrected chi connectivity index (χ4v) is 3.35. The monoisotopic (exact) mass is 272 g/mol. The summed E-state index contributed by atoms with van der Waals surface area (Å²) in [6.07, 6.45) is 6.70. The van der Waals surface area contributed by atoms with Crippen LogP contribution in [0.25, 0.3) is 0 Å². The normalized spacial score (nSPS) is 18.8. The first-order valence-electron chi connectivity index (χ1n) is 7.95. The molecule has 2 aliphatic rings. The molecule has 0 atom stereocenters. The summed E-state index contributed by atoms with van der Waals surface area (Å²) in [7, 11) is 0. The number of carbonyl (C=O) groups is 1. The number of hydrogen-bond donors (Lipinski definition) is 0. The van der Waals surface area contributed by atoms with Crippen LogP contribution in [-0.4, -0.2) is 37.0 Å². The Balaban J connectivity index is 1.53. The molecular weight excluding hydrogens is 248 g/mol. The molecule has 0 saturated carbocycles. The predicted octanol–water partition coefficient (Wildman–Crippen LogP) is 2.84. The van der Waals surface area contributed by atoms with Gasteiger partial charge in [-0.25, -0.2) is 0 Å². The lowest BCUT2D eigenvalue weighted by Crippen LogP contribution is -2.34. The Kier molecular flexibility index (Phi) is 4.24. The lowest BCUT2D eigenvalue weighted by molar-refractivity contribution is -0.130. The molecule has 0 aliphatic carbocycles. The van der Waals surface area contributed by atoms with Gasteiger partial charge in [0, 0.05) is 38.3 Å². The lowest BCUT2D eigenvalue weighted by Gasteiger charge is -2.23. The van der Waals surface area contributed by atoms with Crippen LogP contribution in [0.3, 0.4) is 0 Å². The Morgan fingerprint density at radius 2 is 1.75 bits per heavy atom.